The van der Waals surface area contributed by atoms with Crippen LogP contribution in [0.3, 0.4) is 0 Å². The third kappa shape index (κ3) is 1.14. The van der Waals surface area contributed by atoms with E-state index in [1.54, 1.807) is 21.6 Å². The summed E-state index contributed by atoms with van der Waals surface area (Å²) in [5.74, 6) is 0. The van der Waals surface area contributed by atoms with Crippen molar-refractivity contribution < 1.29 is 5.11 Å². The largest absolute Gasteiger partial charge is 0.391 e. The standard InChI is InChI=1S/C5H10OS2/c1-3-5(6)4(2)8-7-3/h3-6H,1-2H3/t3-,4-/m0/s1. The van der Waals surface area contributed by atoms with E-state index in [1.807, 2.05) is 0 Å². The maximum atomic E-state index is 9.22. The molecule has 2 atom stereocenters. The first-order chi connectivity index (χ1) is 3.72. The SMILES string of the molecule is C[C@@H]1SS[C@@H](C)C1O. The van der Waals surface area contributed by atoms with Crippen molar-refractivity contribution in [3.63, 3.8) is 0 Å². The Morgan fingerprint density at radius 1 is 1.12 bits per heavy atom. The number of aliphatic hydroxyl groups excluding tert-OH is 1. The van der Waals surface area contributed by atoms with Gasteiger partial charge in [0.2, 0.25) is 0 Å². The predicted molar refractivity (Wildman–Crippen MR) is 40.1 cm³/mol. The molecular weight excluding hydrogens is 140 g/mol. The lowest BCUT2D eigenvalue weighted by atomic mass is 10.2. The smallest absolute Gasteiger partial charge is 0.0788 e. The van der Waals surface area contributed by atoms with Crippen LogP contribution in [0.5, 0.6) is 0 Å². The Balaban J connectivity index is 2.44. The van der Waals surface area contributed by atoms with Crippen LogP contribution in [0, 0.1) is 0 Å². The lowest BCUT2D eigenvalue weighted by Gasteiger charge is -2.07. The maximum absolute atomic E-state index is 9.22. The van der Waals surface area contributed by atoms with E-state index >= 15 is 0 Å². The fourth-order valence-corrected chi connectivity index (χ4v) is 3.55. The van der Waals surface area contributed by atoms with Crippen molar-refractivity contribution in [2.24, 2.45) is 0 Å². The van der Waals surface area contributed by atoms with Crippen LogP contribution in [-0.4, -0.2) is 21.7 Å². The Hall–Kier alpha value is 0.660. The lowest BCUT2D eigenvalue weighted by Crippen LogP contribution is -2.22. The molecule has 1 fully saturated rings. The van der Waals surface area contributed by atoms with Gasteiger partial charge in [-0.05, 0) is 13.8 Å². The van der Waals surface area contributed by atoms with E-state index in [4.69, 9.17) is 0 Å². The number of aliphatic hydroxyl groups is 1. The molecule has 0 radical (unpaired) electrons. The number of hydrogen-bond acceptors (Lipinski definition) is 3. The summed E-state index contributed by atoms with van der Waals surface area (Å²) in [5.41, 5.74) is 0. The zero-order chi connectivity index (χ0) is 6.15. The van der Waals surface area contributed by atoms with Crippen LogP contribution in [0.1, 0.15) is 13.8 Å². The van der Waals surface area contributed by atoms with E-state index < -0.39 is 0 Å². The van der Waals surface area contributed by atoms with Gasteiger partial charge in [-0.1, -0.05) is 21.6 Å². The van der Waals surface area contributed by atoms with E-state index in [2.05, 4.69) is 13.8 Å². The molecule has 8 heavy (non-hydrogen) atoms. The van der Waals surface area contributed by atoms with Gasteiger partial charge in [0.25, 0.3) is 0 Å². The zero-order valence-corrected chi connectivity index (χ0v) is 6.63. The first-order valence-corrected chi connectivity index (χ1v) is 4.99. The summed E-state index contributed by atoms with van der Waals surface area (Å²) >= 11 is 0. The third-order valence-corrected chi connectivity index (χ3v) is 4.75. The van der Waals surface area contributed by atoms with Gasteiger partial charge in [0, 0.05) is 10.5 Å². The highest BCUT2D eigenvalue weighted by atomic mass is 33.1. The second kappa shape index (κ2) is 2.50. The quantitative estimate of drug-likeness (QED) is 0.529. The van der Waals surface area contributed by atoms with Crippen molar-refractivity contribution in [3.8, 4) is 0 Å². The Bertz CT molecular complexity index is 76.5. The summed E-state index contributed by atoms with van der Waals surface area (Å²) < 4.78 is 0. The minimum atomic E-state index is -0.0926. The molecule has 0 aliphatic carbocycles. The third-order valence-electron chi connectivity index (χ3n) is 1.32. The molecule has 1 rings (SSSR count). The molecule has 0 aromatic heterocycles. The fourth-order valence-electron chi connectivity index (χ4n) is 0.671. The molecule has 1 saturated heterocycles. The van der Waals surface area contributed by atoms with E-state index in [1.165, 1.54) is 0 Å². The average molecular weight is 150 g/mol. The molecule has 1 nitrogen and oxygen atoms in total. The van der Waals surface area contributed by atoms with E-state index in [0.717, 1.165) is 0 Å². The van der Waals surface area contributed by atoms with Crippen LogP contribution in [0.4, 0.5) is 0 Å². The topological polar surface area (TPSA) is 20.2 Å². The fraction of sp³-hybridized carbons (Fsp3) is 1.00. The van der Waals surface area contributed by atoms with E-state index in [-0.39, 0.29) is 6.10 Å². The summed E-state index contributed by atoms with van der Waals surface area (Å²) in [7, 11) is 3.56. The van der Waals surface area contributed by atoms with Crippen LogP contribution in [-0.2, 0) is 0 Å². The lowest BCUT2D eigenvalue weighted by molar-refractivity contribution is 0.180. The molecular formula is C5H10OS2. The molecule has 0 saturated carbocycles. The van der Waals surface area contributed by atoms with Gasteiger partial charge in [-0.2, -0.15) is 0 Å². The van der Waals surface area contributed by atoms with Gasteiger partial charge >= 0.3 is 0 Å². The van der Waals surface area contributed by atoms with Gasteiger partial charge in [0.1, 0.15) is 0 Å². The molecule has 0 spiro atoms. The van der Waals surface area contributed by atoms with Crippen molar-refractivity contribution >= 4 is 21.6 Å². The van der Waals surface area contributed by atoms with Crippen molar-refractivity contribution in [2.75, 3.05) is 0 Å². The molecule has 0 aromatic rings. The summed E-state index contributed by atoms with van der Waals surface area (Å²) in [6.07, 6.45) is -0.0926. The molecule has 1 N–H and O–H groups in total. The van der Waals surface area contributed by atoms with Gasteiger partial charge in [0.05, 0.1) is 6.10 Å². The van der Waals surface area contributed by atoms with Crippen molar-refractivity contribution in [1.82, 2.24) is 0 Å². The van der Waals surface area contributed by atoms with Crippen LogP contribution in [0.15, 0.2) is 0 Å². The molecule has 1 heterocycles. The predicted octanol–water partition coefficient (Wildman–Crippen LogP) is 1.52. The highest BCUT2D eigenvalue weighted by Gasteiger charge is 2.29. The molecule has 1 aliphatic heterocycles. The van der Waals surface area contributed by atoms with Gasteiger partial charge in [-0.15, -0.1) is 0 Å². The van der Waals surface area contributed by atoms with Crippen LogP contribution in [0.2, 0.25) is 0 Å². The minimum Gasteiger partial charge on any atom is -0.391 e. The molecule has 0 bridgehead atoms. The number of rotatable bonds is 0. The Morgan fingerprint density at radius 3 is 1.62 bits per heavy atom. The molecule has 0 amide bonds. The Labute approximate surface area is 57.6 Å². The number of hydrogen-bond donors (Lipinski definition) is 1. The monoisotopic (exact) mass is 150 g/mol. The Kier molecular flexibility index (Phi) is 2.12. The maximum Gasteiger partial charge on any atom is 0.0788 e. The van der Waals surface area contributed by atoms with Gasteiger partial charge in [-0.25, -0.2) is 0 Å². The summed E-state index contributed by atoms with van der Waals surface area (Å²) in [6.45, 7) is 4.12. The van der Waals surface area contributed by atoms with Gasteiger partial charge in [-0.3, -0.25) is 0 Å². The van der Waals surface area contributed by atoms with Crippen LogP contribution in [0.25, 0.3) is 0 Å². The summed E-state index contributed by atoms with van der Waals surface area (Å²) in [6, 6.07) is 0. The van der Waals surface area contributed by atoms with Crippen molar-refractivity contribution in [3.05, 3.63) is 0 Å². The minimum absolute atomic E-state index is 0.0926. The second-order valence-electron chi connectivity index (χ2n) is 2.09. The summed E-state index contributed by atoms with van der Waals surface area (Å²) in [4.78, 5) is 0. The Morgan fingerprint density at radius 2 is 1.50 bits per heavy atom. The first kappa shape index (κ1) is 6.78. The van der Waals surface area contributed by atoms with Crippen LogP contribution < -0.4 is 0 Å². The summed E-state index contributed by atoms with van der Waals surface area (Å²) in [5, 5.41) is 10.1. The zero-order valence-electron chi connectivity index (χ0n) is 5.00. The van der Waals surface area contributed by atoms with Gasteiger partial charge in [0.15, 0.2) is 0 Å². The first-order valence-electron chi connectivity index (χ1n) is 2.72. The molecule has 1 aliphatic rings. The normalized spacial score (nSPS) is 40.9. The van der Waals surface area contributed by atoms with E-state index in [0.29, 0.717) is 10.5 Å². The van der Waals surface area contributed by atoms with E-state index in [9.17, 15) is 5.11 Å². The molecule has 3 heteroatoms. The van der Waals surface area contributed by atoms with Crippen molar-refractivity contribution in [1.29, 1.82) is 0 Å². The van der Waals surface area contributed by atoms with Crippen molar-refractivity contribution in [2.45, 2.75) is 30.5 Å². The average Bonchev–Trinajstić information content (AvgIpc) is 1.98. The highest BCUT2D eigenvalue weighted by molar-refractivity contribution is 8.77. The highest BCUT2D eigenvalue weighted by Crippen LogP contribution is 2.42. The molecule has 0 aromatic carbocycles. The van der Waals surface area contributed by atoms with Gasteiger partial charge < -0.3 is 5.11 Å². The molecule has 0 unspecified atom stereocenters. The second-order valence-corrected chi connectivity index (χ2v) is 5.12. The molecule has 48 valence electrons. The van der Waals surface area contributed by atoms with Crippen LogP contribution >= 0.6 is 21.6 Å².